The summed E-state index contributed by atoms with van der Waals surface area (Å²) in [6.45, 7) is 0.788. The predicted molar refractivity (Wildman–Crippen MR) is 76.1 cm³/mol. The lowest BCUT2D eigenvalue weighted by Crippen LogP contribution is -2.42. The Labute approximate surface area is 127 Å². The number of carboxylic acid groups (broad SMARTS) is 1. The van der Waals surface area contributed by atoms with E-state index in [1.54, 1.807) is 0 Å². The second kappa shape index (κ2) is 6.61. The molecule has 0 aliphatic heterocycles. The van der Waals surface area contributed by atoms with Crippen LogP contribution in [0.2, 0.25) is 5.02 Å². The molecule has 0 aliphatic carbocycles. The first-order valence-corrected chi connectivity index (χ1v) is 7.71. The number of aliphatic hydroxyl groups is 1. The van der Waals surface area contributed by atoms with E-state index in [-0.39, 0.29) is 9.92 Å². The second-order valence-corrected chi connectivity index (χ2v) is 6.86. The van der Waals surface area contributed by atoms with E-state index >= 15 is 0 Å². The molecule has 0 heterocycles. The van der Waals surface area contributed by atoms with E-state index in [2.05, 4.69) is 4.72 Å². The number of ether oxygens (including phenoxy) is 1. The Kier molecular flexibility index (Phi) is 5.57. The fourth-order valence-corrected chi connectivity index (χ4v) is 3.05. The molecule has 0 aliphatic rings. The van der Waals surface area contributed by atoms with Crippen molar-refractivity contribution in [2.45, 2.75) is 23.8 Å². The third-order valence-electron chi connectivity index (χ3n) is 2.61. The monoisotopic (exact) mass is 337 g/mol. The minimum Gasteiger partial charge on any atom is -0.495 e. The molecule has 0 amide bonds. The van der Waals surface area contributed by atoms with Crippen LogP contribution in [0.15, 0.2) is 23.1 Å². The highest BCUT2D eigenvalue weighted by Gasteiger charge is 2.27. The average molecular weight is 338 g/mol. The number of hydrogen-bond acceptors (Lipinski definition) is 5. The summed E-state index contributed by atoms with van der Waals surface area (Å²) in [4.78, 5) is 10.4. The predicted octanol–water partition coefficient (Wildman–Crippen LogP) is 0.853. The molecule has 7 nitrogen and oxygen atoms in total. The number of aliphatic carboxylic acids is 1. The molecule has 0 fully saturated rings. The normalized spacial score (nSPS) is 14.5. The highest BCUT2D eigenvalue weighted by Crippen LogP contribution is 2.26. The minimum absolute atomic E-state index is 0.112. The maximum atomic E-state index is 12.0. The standard InChI is InChI=1S/C12H16ClNO6S/c1-12(17,6-11(15)16)7-14-21(18,19)8-3-4-10(20-2)9(13)5-8/h3-5,14,17H,6-7H2,1-2H3,(H,15,16). The zero-order valence-electron chi connectivity index (χ0n) is 11.5. The first-order chi connectivity index (χ1) is 9.57. The molecule has 118 valence electrons. The van der Waals surface area contributed by atoms with Crippen LogP contribution in [-0.2, 0) is 14.8 Å². The van der Waals surface area contributed by atoms with Crippen LogP contribution in [0.1, 0.15) is 13.3 Å². The Balaban J connectivity index is 2.87. The van der Waals surface area contributed by atoms with Gasteiger partial charge in [0.2, 0.25) is 10.0 Å². The Hall–Kier alpha value is -1.35. The largest absolute Gasteiger partial charge is 0.495 e. The molecule has 1 atom stereocenters. The van der Waals surface area contributed by atoms with Crippen LogP contribution in [-0.4, -0.2) is 43.9 Å². The summed E-state index contributed by atoms with van der Waals surface area (Å²) in [6, 6.07) is 3.89. The van der Waals surface area contributed by atoms with E-state index in [0.717, 1.165) is 0 Å². The molecule has 21 heavy (non-hydrogen) atoms. The lowest BCUT2D eigenvalue weighted by molar-refractivity contribution is -0.141. The van der Waals surface area contributed by atoms with Gasteiger partial charge in [-0.05, 0) is 25.1 Å². The number of sulfonamides is 1. The molecule has 0 saturated carbocycles. The number of halogens is 1. The molecule has 1 aromatic carbocycles. The van der Waals surface area contributed by atoms with Gasteiger partial charge in [0.05, 0.1) is 29.0 Å². The van der Waals surface area contributed by atoms with Gasteiger partial charge in [0.1, 0.15) is 5.75 Å². The first-order valence-electron chi connectivity index (χ1n) is 5.85. The summed E-state index contributed by atoms with van der Waals surface area (Å²) in [5, 5.41) is 18.5. The number of nitrogens with one attached hydrogen (secondary N) is 1. The van der Waals surface area contributed by atoms with E-state index in [0.29, 0.717) is 5.75 Å². The van der Waals surface area contributed by atoms with Crippen LogP contribution in [0.25, 0.3) is 0 Å². The third-order valence-corrected chi connectivity index (χ3v) is 4.30. The number of methoxy groups -OCH3 is 1. The van der Waals surface area contributed by atoms with Crippen LogP contribution < -0.4 is 9.46 Å². The van der Waals surface area contributed by atoms with Crippen LogP contribution in [0.3, 0.4) is 0 Å². The maximum Gasteiger partial charge on any atom is 0.306 e. The summed E-state index contributed by atoms with van der Waals surface area (Å²) < 4.78 is 31.2. The van der Waals surface area contributed by atoms with Gasteiger partial charge in [0.25, 0.3) is 0 Å². The summed E-state index contributed by atoms with van der Waals surface area (Å²) >= 11 is 5.85. The average Bonchev–Trinajstić information content (AvgIpc) is 2.35. The van der Waals surface area contributed by atoms with Gasteiger partial charge in [-0.25, -0.2) is 13.1 Å². The number of rotatable bonds is 7. The molecule has 0 radical (unpaired) electrons. The van der Waals surface area contributed by atoms with Crippen LogP contribution in [0.4, 0.5) is 0 Å². The Morgan fingerprint density at radius 1 is 1.48 bits per heavy atom. The van der Waals surface area contributed by atoms with E-state index in [1.165, 1.54) is 32.2 Å². The van der Waals surface area contributed by atoms with Crippen molar-refractivity contribution in [2.75, 3.05) is 13.7 Å². The van der Waals surface area contributed by atoms with Gasteiger partial charge < -0.3 is 14.9 Å². The lowest BCUT2D eigenvalue weighted by atomic mass is 10.0. The molecular weight excluding hydrogens is 322 g/mol. The molecule has 0 aromatic heterocycles. The zero-order chi connectivity index (χ0) is 16.3. The highest BCUT2D eigenvalue weighted by atomic mass is 35.5. The van der Waals surface area contributed by atoms with E-state index in [9.17, 15) is 18.3 Å². The molecule has 0 bridgehead atoms. The number of benzene rings is 1. The smallest absolute Gasteiger partial charge is 0.306 e. The number of carbonyl (C=O) groups is 1. The third kappa shape index (κ3) is 5.16. The molecule has 9 heteroatoms. The molecule has 0 saturated heterocycles. The van der Waals surface area contributed by atoms with Gasteiger partial charge in [0.15, 0.2) is 0 Å². The van der Waals surface area contributed by atoms with Gasteiger partial charge in [-0.15, -0.1) is 0 Å². The van der Waals surface area contributed by atoms with Crippen molar-refractivity contribution in [1.29, 1.82) is 0 Å². The summed E-state index contributed by atoms with van der Waals surface area (Å²) in [6.07, 6.45) is -0.584. The lowest BCUT2D eigenvalue weighted by Gasteiger charge is -2.21. The van der Waals surface area contributed by atoms with Gasteiger partial charge in [-0.3, -0.25) is 4.79 Å². The molecular formula is C12H16ClNO6S. The van der Waals surface area contributed by atoms with Crippen molar-refractivity contribution >= 4 is 27.6 Å². The Morgan fingerprint density at radius 2 is 2.10 bits per heavy atom. The summed E-state index contributed by atoms with van der Waals surface area (Å²) in [5.41, 5.74) is -1.70. The van der Waals surface area contributed by atoms with Crippen LogP contribution in [0.5, 0.6) is 5.75 Å². The highest BCUT2D eigenvalue weighted by molar-refractivity contribution is 7.89. The summed E-state index contributed by atoms with van der Waals surface area (Å²) in [7, 11) is -2.52. The van der Waals surface area contributed by atoms with Crippen molar-refractivity contribution < 1.29 is 28.2 Å². The van der Waals surface area contributed by atoms with Crippen LogP contribution in [0, 0.1) is 0 Å². The van der Waals surface area contributed by atoms with Gasteiger partial charge >= 0.3 is 5.97 Å². The SMILES string of the molecule is COc1ccc(S(=O)(=O)NCC(C)(O)CC(=O)O)cc1Cl. The number of hydrogen-bond donors (Lipinski definition) is 3. The first kappa shape index (κ1) is 17.7. The fraction of sp³-hybridized carbons (Fsp3) is 0.417. The van der Waals surface area contributed by atoms with Gasteiger partial charge in [-0.1, -0.05) is 11.6 Å². The Bertz CT molecular complexity index is 629. The van der Waals surface area contributed by atoms with E-state index in [1.807, 2.05) is 0 Å². The molecule has 3 N–H and O–H groups in total. The Morgan fingerprint density at radius 3 is 2.57 bits per heavy atom. The fourth-order valence-electron chi connectivity index (χ4n) is 1.54. The zero-order valence-corrected chi connectivity index (χ0v) is 13.0. The van der Waals surface area contributed by atoms with Crippen molar-refractivity contribution in [2.24, 2.45) is 0 Å². The number of carboxylic acids is 1. The van der Waals surface area contributed by atoms with Gasteiger partial charge in [-0.2, -0.15) is 0 Å². The van der Waals surface area contributed by atoms with Crippen molar-refractivity contribution in [3.63, 3.8) is 0 Å². The van der Waals surface area contributed by atoms with Crippen molar-refractivity contribution in [1.82, 2.24) is 4.72 Å². The quantitative estimate of drug-likeness (QED) is 0.680. The minimum atomic E-state index is -3.92. The van der Waals surface area contributed by atoms with Crippen LogP contribution >= 0.6 is 11.6 Å². The van der Waals surface area contributed by atoms with Crippen molar-refractivity contribution in [3.8, 4) is 5.75 Å². The van der Waals surface area contributed by atoms with E-state index in [4.69, 9.17) is 21.4 Å². The molecule has 1 rings (SSSR count). The van der Waals surface area contributed by atoms with Gasteiger partial charge in [0, 0.05) is 6.54 Å². The summed E-state index contributed by atoms with van der Waals surface area (Å²) in [5.74, 6) is -0.903. The van der Waals surface area contributed by atoms with E-state index < -0.39 is 34.6 Å². The molecule has 1 unspecified atom stereocenters. The molecule has 0 spiro atoms. The maximum absolute atomic E-state index is 12.0. The topological polar surface area (TPSA) is 113 Å². The molecule has 1 aromatic rings. The van der Waals surface area contributed by atoms with Crippen molar-refractivity contribution in [3.05, 3.63) is 23.2 Å². The second-order valence-electron chi connectivity index (χ2n) is 4.69.